The predicted molar refractivity (Wildman–Crippen MR) is 73.9 cm³/mol. The summed E-state index contributed by atoms with van der Waals surface area (Å²) in [6.07, 6.45) is 0. The molecule has 0 aliphatic rings. The summed E-state index contributed by atoms with van der Waals surface area (Å²) >= 11 is 7.67. The minimum atomic E-state index is 0.691. The first-order chi connectivity index (χ1) is 8.81. The van der Waals surface area contributed by atoms with Gasteiger partial charge in [0.2, 0.25) is 0 Å². The first-order valence-electron chi connectivity index (χ1n) is 5.58. The summed E-state index contributed by atoms with van der Waals surface area (Å²) in [5.74, 6) is 0. The summed E-state index contributed by atoms with van der Waals surface area (Å²) in [5.41, 5.74) is 0.930. The van der Waals surface area contributed by atoms with Gasteiger partial charge in [0.15, 0.2) is 0 Å². The zero-order valence-corrected chi connectivity index (χ0v) is 11.6. The van der Waals surface area contributed by atoms with Crippen molar-refractivity contribution < 1.29 is 4.74 Å². The van der Waals surface area contributed by atoms with Gasteiger partial charge in [-0.1, -0.05) is 41.1 Å². The largest absolute Gasteiger partial charge is 0.383 e. The lowest BCUT2D eigenvalue weighted by Crippen LogP contribution is -2.18. The molecule has 0 aliphatic heterocycles. The second-order valence-corrected chi connectivity index (χ2v) is 5.12. The van der Waals surface area contributed by atoms with Crippen molar-refractivity contribution >= 4 is 22.9 Å². The fourth-order valence-corrected chi connectivity index (χ4v) is 2.57. The minimum absolute atomic E-state index is 0.691. The molecule has 1 aromatic heterocycles. The Hall–Kier alpha value is -1.01. The van der Waals surface area contributed by atoms with E-state index < -0.39 is 0 Å². The van der Waals surface area contributed by atoms with E-state index in [2.05, 4.69) is 15.5 Å². The van der Waals surface area contributed by atoms with Crippen LogP contribution in [0.4, 0.5) is 0 Å². The van der Waals surface area contributed by atoms with E-state index in [1.54, 1.807) is 18.4 Å². The van der Waals surface area contributed by atoms with Gasteiger partial charge in [-0.25, -0.2) is 0 Å². The van der Waals surface area contributed by atoms with Crippen LogP contribution in [0.5, 0.6) is 0 Å². The Morgan fingerprint density at radius 2 is 2.17 bits per heavy atom. The van der Waals surface area contributed by atoms with Crippen LogP contribution in [0.15, 0.2) is 24.3 Å². The molecule has 2 aromatic rings. The molecule has 0 unspecified atom stereocenters. The van der Waals surface area contributed by atoms with Crippen molar-refractivity contribution in [2.24, 2.45) is 0 Å². The van der Waals surface area contributed by atoms with Gasteiger partial charge < -0.3 is 10.1 Å². The Labute approximate surface area is 115 Å². The predicted octanol–water partition coefficient (Wildman–Crippen LogP) is 2.59. The molecule has 2 rings (SSSR count). The molecule has 1 N–H and O–H groups in total. The maximum atomic E-state index is 6.12. The van der Waals surface area contributed by atoms with E-state index in [0.717, 1.165) is 22.1 Å². The van der Waals surface area contributed by atoms with Gasteiger partial charge in [0.1, 0.15) is 10.0 Å². The van der Waals surface area contributed by atoms with Gasteiger partial charge in [-0.15, -0.1) is 10.2 Å². The standard InChI is InChI=1S/C12H14ClN3OS/c1-17-7-6-14-8-11-15-16-12(18-11)9-4-2-3-5-10(9)13/h2-5,14H,6-8H2,1H3. The highest BCUT2D eigenvalue weighted by atomic mass is 35.5. The SMILES string of the molecule is COCCNCc1nnc(-c2ccccc2Cl)s1. The highest BCUT2D eigenvalue weighted by Crippen LogP contribution is 2.29. The molecular formula is C12H14ClN3OS. The molecule has 0 fully saturated rings. The molecular weight excluding hydrogens is 270 g/mol. The molecule has 0 bridgehead atoms. The number of benzene rings is 1. The Bertz CT molecular complexity index is 504. The van der Waals surface area contributed by atoms with Crippen molar-refractivity contribution in [2.75, 3.05) is 20.3 Å². The van der Waals surface area contributed by atoms with Crippen LogP contribution in [-0.2, 0) is 11.3 Å². The molecule has 0 saturated heterocycles. The van der Waals surface area contributed by atoms with Crippen LogP contribution in [0.25, 0.3) is 10.6 Å². The molecule has 4 nitrogen and oxygen atoms in total. The smallest absolute Gasteiger partial charge is 0.149 e. The monoisotopic (exact) mass is 283 g/mol. The summed E-state index contributed by atoms with van der Waals surface area (Å²) in [6.45, 7) is 2.19. The molecule has 1 heterocycles. The van der Waals surface area contributed by atoms with Crippen molar-refractivity contribution in [3.63, 3.8) is 0 Å². The van der Waals surface area contributed by atoms with E-state index in [9.17, 15) is 0 Å². The lowest BCUT2D eigenvalue weighted by Gasteiger charge is -1.99. The lowest BCUT2D eigenvalue weighted by molar-refractivity contribution is 0.199. The molecule has 0 aliphatic carbocycles. The highest BCUT2D eigenvalue weighted by Gasteiger charge is 2.09. The molecule has 18 heavy (non-hydrogen) atoms. The van der Waals surface area contributed by atoms with E-state index >= 15 is 0 Å². The third-order valence-corrected chi connectivity index (χ3v) is 3.62. The van der Waals surface area contributed by atoms with Gasteiger partial charge in [-0.05, 0) is 6.07 Å². The lowest BCUT2D eigenvalue weighted by atomic mass is 10.2. The second kappa shape index (κ2) is 6.80. The molecule has 6 heteroatoms. The summed E-state index contributed by atoms with van der Waals surface area (Å²) in [4.78, 5) is 0. The number of aromatic nitrogens is 2. The topological polar surface area (TPSA) is 47.0 Å². The van der Waals surface area contributed by atoms with Crippen LogP contribution in [0.3, 0.4) is 0 Å². The van der Waals surface area contributed by atoms with Crippen LogP contribution >= 0.6 is 22.9 Å². The zero-order valence-electron chi connectivity index (χ0n) is 10.0. The normalized spacial score (nSPS) is 10.8. The number of nitrogens with one attached hydrogen (secondary N) is 1. The molecule has 96 valence electrons. The van der Waals surface area contributed by atoms with Gasteiger partial charge in [0, 0.05) is 25.8 Å². The molecule has 0 amide bonds. The number of hydrogen-bond acceptors (Lipinski definition) is 5. The van der Waals surface area contributed by atoms with Crippen molar-refractivity contribution in [1.82, 2.24) is 15.5 Å². The third kappa shape index (κ3) is 3.49. The van der Waals surface area contributed by atoms with Crippen molar-refractivity contribution in [2.45, 2.75) is 6.54 Å². The maximum absolute atomic E-state index is 6.12. The number of hydrogen-bond donors (Lipinski definition) is 1. The summed E-state index contributed by atoms with van der Waals surface area (Å²) in [5, 5.41) is 14.0. The van der Waals surface area contributed by atoms with Gasteiger partial charge in [0.05, 0.1) is 11.6 Å². The van der Waals surface area contributed by atoms with Crippen LogP contribution in [-0.4, -0.2) is 30.5 Å². The number of ether oxygens (including phenoxy) is 1. The first-order valence-corrected chi connectivity index (χ1v) is 6.77. The van der Waals surface area contributed by atoms with E-state index in [1.165, 1.54) is 0 Å². The Balaban J connectivity index is 2.00. The van der Waals surface area contributed by atoms with Crippen molar-refractivity contribution in [1.29, 1.82) is 0 Å². The average Bonchev–Trinajstić information content (AvgIpc) is 2.84. The van der Waals surface area contributed by atoms with E-state index in [4.69, 9.17) is 16.3 Å². The van der Waals surface area contributed by atoms with Gasteiger partial charge in [-0.2, -0.15) is 0 Å². The Morgan fingerprint density at radius 3 is 2.94 bits per heavy atom. The third-order valence-electron chi connectivity index (χ3n) is 2.33. The first kappa shape index (κ1) is 13.4. The maximum Gasteiger partial charge on any atom is 0.149 e. The molecule has 0 radical (unpaired) electrons. The van der Waals surface area contributed by atoms with E-state index in [1.807, 2.05) is 24.3 Å². The van der Waals surface area contributed by atoms with E-state index in [0.29, 0.717) is 18.2 Å². The number of nitrogens with zero attached hydrogens (tertiary/aromatic N) is 2. The fourth-order valence-electron chi connectivity index (χ4n) is 1.44. The highest BCUT2D eigenvalue weighted by molar-refractivity contribution is 7.14. The summed E-state index contributed by atoms with van der Waals surface area (Å²) < 4.78 is 4.96. The quantitative estimate of drug-likeness (QED) is 0.828. The van der Waals surface area contributed by atoms with Crippen molar-refractivity contribution in [3.05, 3.63) is 34.3 Å². The Kier molecular flexibility index (Phi) is 5.07. The van der Waals surface area contributed by atoms with Crippen LogP contribution in [0.2, 0.25) is 5.02 Å². The van der Waals surface area contributed by atoms with Crippen LogP contribution in [0, 0.1) is 0 Å². The molecule has 0 atom stereocenters. The second-order valence-electron chi connectivity index (χ2n) is 3.65. The number of rotatable bonds is 6. The fraction of sp³-hybridized carbons (Fsp3) is 0.333. The van der Waals surface area contributed by atoms with Crippen LogP contribution in [0.1, 0.15) is 5.01 Å². The van der Waals surface area contributed by atoms with E-state index in [-0.39, 0.29) is 0 Å². The Morgan fingerprint density at radius 1 is 1.33 bits per heavy atom. The average molecular weight is 284 g/mol. The molecule has 0 saturated carbocycles. The van der Waals surface area contributed by atoms with Gasteiger partial charge >= 0.3 is 0 Å². The number of halogens is 1. The summed E-state index contributed by atoms with van der Waals surface area (Å²) in [7, 11) is 1.68. The molecule has 0 spiro atoms. The summed E-state index contributed by atoms with van der Waals surface area (Å²) in [6, 6.07) is 7.65. The van der Waals surface area contributed by atoms with Gasteiger partial charge in [-0.3, -0.25) is 0 Å². The zero-order chi connectivity index (χ0) is 12.8. The van der Waals surface area contributed by atoms with Crippen LogP contribution < -0.4 is 5.32 Å². The minimum Gasteiger partial charge on any atom is -0.383 e. The van der Waals surface area contributed by atoms with Crippen molar-refractivity contribution in [3.8, 4) is 10.6 Å². The number of methoxy groups -OCH3 is 1. The molecule has 1 aromatic carbocycles. The van der Waals surface area contributed by atoms with Gasteiger partial charge in [0.25, 0.3) is 0 Å².